The van der Waals surface area contributed by atoms with Crippen LogP contribution < -0.4 is 10.2 Å². The Labute approximate surface area is 115 Å². The SMILES string of the molecule is CCNC(=O)N1c2c(C)cccc2C(C)=CC1(C)C. The number of anilines is 1. The normalized spacial score (nSPS) is 16.7. The van der Waals surface area contributed by atoms with Crippen molar-refractivity contribution in [3.05, 3.63) is 35.4 Å². The molecular formula is C16H22N2O. The van der Waals surface area contributed by atoms with E-state index in [1.807, 2.05) is 17.9 Å². The molecule has 1 aliphatic heterocycles. The van der Waals surface area contributed by atoms with Crippen LogP contribution in [0.2, 0.25) is 0 Å². The van der Waals surface area contributed by atoms with Crippen LogP contribution in [0.4, 0.5) is 10.5 Å². The first-order valence-corrected chi connectivity index (χ1v) is 6.76. The molecule has 0 unspecified atom stereocenters. The molecule has 19 heavy (non-hydrogen) atoms. The Bertz CT molecular complexity index is 544. The monoisotopic (exact) mass is 258 g/mol. The molecule has 1 N–H and O–H groups in total. The summed E-state index contributed by atoms with van der Waals surface area (Å²) in [5.74, 6) is 0. The fourth-order valence-corrected chi connectivity index (χ4v) is 2.83. The summed E-state index contributed by atoms with van der Waals surface area (Å²) >= 11 is 0. The van der Waals surface area contributed by atoms with Crippen molar-refractivity contribution in [1.29, 1.82) is 0 Å². The first-order chi connectivity index (χ1) is 8.88. The standard InChI is InChI=1S/C16H22N2O/c1-6-17-15(19)18-14-11(2)8-7-9-13(14)12(3)10-16(18,4)5/h7-10H,6H2,1-5H3,(H,17,19). The summed E-state index contributed by atoms with van der Waals surface area (Å²) in [6.45, 7) is 10.9. The number of urea groups is 1. The van der Waals surface area contributed by atoms with Crippen molar-refractivity contribution >= 4 is 17.3 Å². The minimum absolute atomic E-state index is 0.0354. The number of carbonyl (C=O) groups is 1. The van der Waals surface area contributed by atoms with Crippen molar-refractivity contribution in [2.45, 2.75) is 40.2 Å². The van der Waals surface area contributed by atoms with Crippen LogP contribution in [0.1, 0.15) is 38.8 Å². The fourth-order valence-electron chi connectivity index (χ4n) is 2.83. The Morgan fingerprint density at radius 3 is 2.63 bits per heavy atom. The van der Waals surface area contributed by atoms with E-state index in [9.17, 15) is 4.79 Å². The Morgan fingerprint density at radius 2 is 2.00 bits per heavy atom. The van der Waals surface area contributed by atoms with Gasteiger partial charge in [-0.2, -0.15) is 0 Å². The lowest BCUT2D eigenvalue weighted by atomic mass is 9.87. The summed E-state index contributed by atoms with van der Waals surface area (Å²) < 4.78 is 0. The molecule has 102 valence electrons. The van der Waals surface area contributed by atoms with Gasteiger partial charge >= 0.3 is 6.03 Å². The Morgan fingerprint density at radius 1 is 1.32 bits per heavy atom. The average Bonchev–Trinajstić information content (AvgIpc) is 2.29. The third-order valence-corrected chi connectivity index (χ3v) is 3.56. The van der Waals surface area contributed by atoms with Gasteiger partial charge in [-0.05, 0) is 45.8 Å². The van der Waals surface area contributed by atoms with Gasteiger partial charge < -0.3 is 5.32 Å². The van der Waals surface area contributed by atoms with Gasteiger partial charge in [0.15, 0.2) is 0 Å². The van der Waals surface area contributed by atoms with Gasteiger partial charge in [-0.15, -0.1) is 0 Å². The van der Waals surface area contributed by atoms with Crippen LogP contribution in [0.15, 0.2) is 24.3 Å². The van der Waals surface area contributed by atoms with Crippen molar-refractivity contribution in [3.63, 3.8) is 0 Å². The van der Waals surface area contributed by atoms with Gasteiger partial charge in [-0.25, -0.2) is 4.79 Å². The van der Waals surface area contributed by atoms with E-state index in [4.69, 9.17) is 0 Å². The number of amides is 2. The van der Waals surface area contributed by atoms with Crippen LogP contribution in [-0.2, 0) is 0 Å². The number of carbonyl (C=O) groups excluding carboxylic acids is 1. The van der Waals surface area contributed by atoms with E-state index in [1.165, 1.54) is 5.57 Å². The summed E-state index contributed by atoms with van der Waals surface area (Å²) in [7, 11) is 0. The summed E-state index contributed by atoms with van der Waals surface area (Å²) in [5, 5.41) is 2.91. The predicted molar refractivity (Wildman–Crippen MR) is 80.5 cm³/mol. The number of hydrogen-bond acceptors (Lipinski definition) is 1. The maximum Gasteiger partial charge on any atom is 0.322 e. The molecule has 0 saturated carbocycles. The van der Waals surface area contributed by atoms with E-state index in [0.717, 1.165) is 16.8 Å². The first-order valence-electron chi connectivity index (χ1n) is 6.76. The lowest BCUT2D eigenvalue weighted by Crippen LogP contribution is -2.53. The minimum Gasteiger partial charge on any atom is -0.338 e. The van der Waals surface area contributed by atoms with Crippen LogP contribution >= 0.6 is 0 Å². The van der Waals surface area contributed by atoms with Crippen LogP contribution in [0.3, 0.4) is 0 Å². The second kappa shape index (κ2) is 4.72. The number of fused-ring (bicyclic) bond motifs is 1. The highest BCUT2D eigenvalue weighted by atomic mass is 16.2. The summed E-state index contributed by atoms with van der Waals surface area (Å²) in [5.41, 5.74) is 4.21. The minimum atomic E-state index is -0.317. The number of nitrogens with one attached hydrogen (secondary N) is 1. The quantitative estimate of drug-likeness (QED) is 0.818. The molecule has 0 atom stereocenters. The van der Waals surface area contributed by atoms with Crippen molar-refractivity contribution in [2.75, 3.05) is 11.4 Å². The van der Waals surface area contributed by atoms with Gasteiger partial charge in [-0.3, -0.25) is 4.90 Å². The van der Waals surface area contributed by atoms with E-state index in [2.05, 4.69) is 51.2 Å². The highest BCUT2D eigenvalue weighted by Gasteiger charge is 2.36. The van der Waals surface area contributed by atoms with Crippen LogP contribution in [0, 0.1) is 6.92 Å². The number of allylic oxidation sites excluding steroid dienone is 1. The van der Waals surface area contributed by atoms with Gasteiger partial charge in [0.05, 0.1) is 11.2 Å². The molecule has 1 aliphatic rings. The number of hydrogen-bond donors (Lipinski definition) is 1. The van der Waals surface area contributed by atoms with Crippen molar-refractivity contribution in [3.8, 4) is 0 Å². The molecular weight excluding hydrogens is 236 g/mol. The second-order valence-corrected chi connectivity index (χ2v) is 5.62. The van der Waals surface area contributed by atoms with E-state index >= 15 is 0 Å². The molecule has 0 aromatic heterocycles. The Balaban J connectivity index is 2.63. The molecule has 1 aromatic carbocycles. The van der Waals surface area contributed by atoms with Crippen molar-refractivity contribution < 1.29 is 4.79 Å². The van der Waals surface area contributed by atoms with E-state index in [-0.39, 0.29) is 11.6 Å². The molecule has 2 rings (SSSR count). The summed E-state index contributed by atoms with van der Waals surface area (Å²) in [6, 6.07) is 6.14. The van der Waals surface area contributed by atoms with E-state index in [0.29, 0.717) is 6.54 Å². The fraction of sp³-hybridized carbons (Fsp3) is 0.438. The summed E-state index contributed by atoms with van der Waals surface area (Å²) in [4.78, 5) is 14.3. The third-order valence-electron chi connectivity index (χ3n) is 3.56. The highest BCUT2D eigenvalue weighted by Crippen LogP contribution is 2.40. The molecule has 0 spiro atoms. The smallest absolute Gasteiger partial charge is 0.322 e. The van der Waals surface area contributed by atoms with Gasteiger partial charge in [0.2, 0.25) is 0 Å². The molecule has 1 heterocycles. The summed E-state index contributed by atoms with van der Waals surface area (Å²) in [6.07, 6.45) is 2.16. The van der Waals surface area contributed by atoms with Gasteiger partial charge in [-0.1, -0.05) is 24.3 Å². The molecule has 0 aliphatic carbocycles. The maximum absolute atomic E-state index is 12.4. The lowest BCUT2D eigenvalue weighted by Gasteiger charge is -2.42. The van der Waals surface area contributed by atoms with Crippen LogP contribution in [-0.4, -0.2) is 18.1 Å². The number of nitrogens with zero attached hydrogens (tertiary/aromatic N) is 1. The van der Waals surface area contributed by atoms with E-state index in [1.54, 1.807) is 0 Å². The highest BCUT2D eigenvalue weighted by molar-refractivity contribution is 6.00. The van der Waals surface area contributed by atoms with Gasteiger partial charge in [0.25, 0.3) is 0 Å². The zero-order valence-electron chi connectivity index (χ0n) is 12.4. The molecule has 0 fully saturated rings. The molecule has 2 amide bonds. The predicted octanol–water partition coefficient (Wildman–Crippen LogP) is 3.73. The number of benzene rings is 1. The van der Waals surface area contributed by atoms with Crippen molar-refractivity contribution in [1.82, 2.24) is 5.32 Å². The average molecular weight is 258 g/mol. The molecule has 3 nitrogen and oxygen atoms in total. The van der Waals surface area contributed by atoms with Crippen LogP contribution in [0.25, 0.3) is 5.57 Å². The van der Waals surface area contributed by atoms with Crippen LogP contribution in [0.5, 0.6) is 0 Å². The molecule has 3 heteroatoms. The Kier molecular flexibility index (Phi) is 3.40. The molecule has 1 aromatic rings. The zero-order valence-corrected chi connectivity index (χ0v) is 12.4. The van der Waals surface area contributed by atoms with Gasteiger partial charge in [0.1, 0.15) is 0 Å². The zero-order chi connectivity index (χ0) is 14.2. The number of rotatable bonds is 1. The first kappa shape index (κ1) is 13.7. The van der Waals surface area contributed by atoms with E-state index < -0.39 is 0 Å². The number of para-hydroxylation sites is 1. The topological polar surface area (TPSA) is 32.3 Å². The molecule has 0 saturated heterocycles. The largest absolute Gasteiger partial charge is 0.338 e. The Hall–Kier alpha value is -1.77. The lowest BCUT2D eigenvalue weighted by molar-refractivity contribution is 0.243. The maximum atomic E-state index is 12.4. The molecule has 0 radical (unpaired) electrons. The van der Waals surface area contributed by atoms with Gasteiger partial charge in [0, 0.05) is 12.1 Å². The molecule has 0 bridgehead atoms. The second-order valence-electron chi connectivity index (χ2n) is 5.62. The van der Waals surface area contributed by atoms with Crippen molar-refractivity contribution in [2.24, 2.45) is 0 Å². The third kappa shape index (κ3) is 2.25. The number of aryl methyl sites for hydroxylation is 1.